The fraction of sp³-hybridized carbons (Fsp3) is 0.737. The molecule has 0 N–H and O–H groups in total. The lowest BCUT2D eigenvalue weighted by molar-refractivity contribution is -0.141. The molecule has 0 aromatic carbocycles. The van der Waals surface area contributed by atoms with Gasteiger partial charge in [0.1, 0.15) is 11.3 Å². The molecule has 158 valence electrons. The second-order valence-electron chi connectivity index (χ2n) is 8.42. The molecule has 1 fully saturated rings. The Bertz CT molecular complexity index is 674. The predicted octanol–water partition coefficient (Wildman–Crippen LogP) is 4.36. The Morgan fingerprint density at radius 1 is 1.36 bits per heavy atom. The van der Waals surface area contributed by atoms with Gasteiger partial charge in [0.05, 0.1) is 0 Å². The van der Waals surface area contributed by atoms with E-state index in [1.54, 1.807) is 9.80 Å². The number of aromatic nitrogens is 2. The van der Waals surface area contributed by atoms with E-state index >= 15 is 0 Å². The number of alkyl halides is 3. The molecule has 28 heavy (non-hydrogen) atoms. The quantitative estimate of drug-likeness (QED) is 0.749. The van der Waals surface area contributed by atoms with E-state index in [4.69, 9.17) is 4.74 Å². The van der Waals surface area contributed by atoms with Crippen LogP contribution in [0.15, 0.2) is 12.3 Å². The van der Waals surface area contributed by atoms with Gasteiger partial charge in [0.2, 0.25) is 5.95 Å². The third-order valence-electron chi connectivity index (χ3n) is 4.44. The van der Waals surface area contributed by atoms with E-state index in [1.165, 1.54) is 0 Å². The number of carbonyl (C=O) groups excluding carboxylic acids is 1. The summed E-state index contributed by atoms with van der Waals surface area (Å²) in [6, 6.07) is 0.823. The van der Waals surface area contributed by atoms with Crippen molar-refractivity contribution in [2.45, 2.75) is 65.3 Å². The number of halogens is 3. The van der Waals surface area contributed by atoms with Gasteiger partial charge in [0.25, 0.3) is 0 Å². The van der Waals surface area contributed by atoms with E-state index in [0.29, 0.717) is 19.6 Å². The number of carbonyl (C=O) groups is 1. The summed E-state index contributed by atoms with van der Waals surface area (Å²) in [6.07, 6.45) is -2.07. The van der Waals surface area contributed by atoms with Crippen molar-refractivity contribution in [3.63, 3.8) is 0 Å². The highest BCUT2D eigenvalue weighted by Gasteiger charge is 2.34. The van der Waals surface area contributed by atoms with Gasteiger partial charge in [-0.1, -0.05) is 0 Å². The summed E-state index contributed by atoms with van der Waals surface area (Å²) in [4.78, 5) is 23.7. The smallest absolute Gasteiger partial charge is 0.433 e. The first-order valence-electron chi connectivity index (χ1n) is 9.51. The van der Waals surface area contributed by atoms with E-state index in [9.17, 15) is 18.0 Å². The summed E-state index contributed by atoms with van der Waals surface area (Å²) in [7, 11) is 0. The Balaban J connectivity index is 2.09. The largest absolute Gasteiger partial charge is 0.444 e. The minimum Gasteiger partial charge on any atom is -0.444 e. The molecule has 0 bridgehead atoms. The maximum absolute atomic E-state index is 12.9. The van der Waals surface area contributed by atoms with Crippen molar-refractivity contribution in [3.05, 3.63) is 18.0 Å². The molecule has 9 heteroatoms. The molecule has 2 heterocycles. The lowest BCUT2D eigenvalue weighted by Crippen LogP contribution is -2.47. The molecule has 1 aliphatic heterocycles. The third kappa shape index (κ3) is 6.24. The maximum atomic E-state index is 12.9. The van der Waals surface area contributed by atoms with Gasteiger partial charge in [-0.15, -0.1) is 0 Å². The molecule has 0 spiro atoms. The molecule has 1 amide bonds. The second kappa shape index (κ2) is 8.53. The Morgan fingerprint density at radius 2 is 2.04 bits per heavy atom. The van der Waals surface area contributed by atoms with Crippen molar-refractivity contribution >= 4 is 12.0 Å². The van der Waals surface area contributed by atoms with Crippen LogP contribution in [0.3, 0.4) is 0 Å². The summed E-state index contributed by atoms with van der Waals surface area (Å²) < 4.78 is 44.3. The Hall–Kier alpha value is -2.06. The molecule has 1 aliphatic rings. The highest BCUT2D eigenvalue weighted by atomic mass is 19.4. The molecule has 0 aliphatic carbocycles. The zero-order valence-electron chi connectivity index (χ0n) is 17.1. The number of rotatable bonds is 4. The van der Waals surface area contributed by atoms with Crippen LogP contribution in [0.2, 0.25) is 0 Å². The zero-order valence-corrected chi connectivity index (χ0v) is 17.1. The SMILES string of the molecule is CC(C)N(CC1CCCN(c2nccc(C(F)(F)F)n2)C1)C(=O)OC(C)(C)C. The summed E-state index contributed by atoms with van der Waals surface area (Å²) in [5, 5.41) is 0. The highest BCUT2D eigenvalue weighted by molar-refractivity contribution is 5.68. The molecule has 0 radical (unpaired) electrons. The van der Waals surface area contributed by atoms with E-state index in [1.807, 2.05) is 34.6 Å². The molecule has 6 nitrogen and oxygen atoms in total. The first kappa shape index (κ1) is 22.2. The molecule has 1 aromatic rings. The topological polar surface area (TPSA) is 58.6 Å². The number of nitrogens with zero attached hydrogens (tertiary/aromatic N) is 4. The number of hydrogen-bond donors (Lipinski definition) is 0. The molecule has 1 aromatic heterocycles. The van der Waals surface area contributed by atoms with E-state index in [0.717, 1.165) is 25.1 Å². The molecule has 1 saturated heterocycles. The lowest BCUT2D eigenvalue weighted by atomic mass is 9.97. The van der Waals surface area contributed by atoms with Gasteiger partial charge in [0, 0.05) is 31.9 Å². The van der Waals surface area contributed by atoms with Crippen LogP contribution in [0.25, 0.3) is 0 Å². The van der Waals surface area contributed by atoms with Gasteiger partial charge in [-0.05, 0) is 59.4 Å². The van der Waals surface area contributed by atoms with Crippen LogP contribution in [0, 0.1) is 5.92 Å². The Labute approximate surface area is 164 Å². The number of piperidine rings is 1. The van der Waals surface area contributed by atoms with Crippen molar-refractivity contribution in [2.24, 2.45) is 5.92 Å². The average molecular weight is 402 g/mol. The standard InChI is InChI=1S/C19H29F3N4O2/c1-13(2)26(17(27)28-18(3,4)5)12-14-7-6-10-25(11-14)16-23-9-8-15(24-16)19(20,21)22/h8-9,13-14H,6-7,10-12H2,1-5H3. The van der Waals surface area contributed by atoms with Gasteiger partial charge in [0.15, 0.2) is 0 Å². The molecular formula is C19H29F3N4O2. The van der Waals surface area contributed by atoms with Gasteiger partial charge in [-0.3, -0.25) is 0 Å². The lowest BCUT2D eigenvalue weighted by Gasteiger charge is -2.37. The second-order valence-corrected chi connectivity index (χ2v) is 8.42. The highest BCUT2D eigenvalue weighted by Crippen LogP contribution is 2.29. The van der Waals surface area contributed by atoms with Gasteiger partial charge >= 0.3 is 12.3 Å². The molecular weight excluding hydrogens is 373 g/mol. The van der Waals surface area contributed by atoms with Crippen LogP contribution in [0.4, 0.5) is 23.9 Å². The number of hydrogen-bond acceptors (Lipinski definition) is 5. The van der Waals surface area contributed by atoms with E-state index in [-0.39, 0.29) is 24.0 Å². The van der Waals surface area contributed by atoms with E-state index < -0.39 is 17.5 Å². The van der Waals surface area contributed by atoms with Crippen LogP contribution in [-0.2, 0) is 10.9 Å². The van der Waals surface area contributed by atoms with E-state index in [2.05, 4.69) is 9.97 Å². The first-order valence-corrected chi connectivity index (χ1v) is 9.51. The van der Waals surface area contributed by atoms with Crippen molar-refractivity contribution in [3.8, 4) is 0 Å². The van der Waals surface area contributed by atoms with Crippen LogP contribution < -0.4 is 4.90 Å². The molecule has 1 unspecified atom stereocenters. The Kier molecular flexibility index (Phi) is 6.77. The van der Waals surface area contributed by atoms with Crippen LogP contribution in [-0.4, -0.2) is 52.2 Å². The molecule has 0 saturated carbocycles. The predicted molar refractivity (Wildman–Crippen MR) is 100 cm³/mol. The maximum Gasteiger partial charge on any atom is 0.433 e. The average Bonchev–Trinajstić information content (AvgIpc) is 2.57. The van der Waals surface area contributed by atoms with Crippen molar-refractivity contribution < 1.29 is 22.7 Å². The number of anilines is 1. The normalized spacial score (nSPS) is 18.3. The van der Waals surface area contributed by atoms with Gasteiger partial charge in [-0.25, -0.2) is 14.8 Å². The summed E-state index contributed by atoms with van der Waals surface area (Å²) >= 11 is 0. The monoisotopic (exact) mass is 402 g/mol. The van der Waals surface area contributed by atoms with Crippen molar-refractivity contribution in [1.82, 2.24) is 14.9 Å². The van der Waals surface area contributed by atoms with Crippen molar-refractivity contribution in [1.29, 1.82) is 0 Å². The fourth-order valence-electron chi connectivity index (χ4n) is 3.15. The van der Waals surface area contributed by atoms with Crippen LogP contribution >= 0.6 is 0 Å². The Morgan fingerprint density at radius 3 is 2.61 bits per heavy atom. The minimum absolute atomic E-state index is 0.0463. The number of ether oxygens (including phenoxy) is 1. The van der Waals surface area contributed by atoms with Crippen LogP contribution in [0.5, 0.6) is 0 Å². The summed E-state index contributed by atoms with van der Waals surface area (Å²) in [5.41, 5.74) is -1.54. The number of amides is 1. The zero-order chi connectivity index (χ0) is 21.1. The first-order chi connectivity index (χ1) is 12.9. The summed E-state index contributed by atoms with van der Waals surface area (Å²) in [6.45, 7) is 10.8. The van der Waals surface area contributed by atoms with Crippen LogP contribution in [0.1, 0.15) is 53.2 Å². The van der Waals surface area contributed by atoms with Gasteiger partial charge < -0.3 is 14.5 Å². The minimum atomic E-state index is -4.50. The molecule has 1 atom stereocenters. The van der Waals surface area contributed by atoms with Gasteiger partial charge in [-0.2, -0.15) is 13.2 Å². The fourth-order valence-corrected chi connectivity index (χ4v) is 3.15. The summed E-state index contributed by atoms with van der Waals surface area (Å²) in [5.74, 6) is 0.176. The molecule has 2 rings (SSSR count). The van der Waals surface area contributed by atoms with Crippen molar-refractivity contribution in [2.75, 3.05) is 24.5 Å². The third-order valence-corrected chi connectivity index (χ3v) is 4.44.